The Morgan fingerprint density at radius 1 is 1.03 bits per heavy atom. The molecule has 1 fully saturated rings. The summed E-state index contributed by atoms with van der Waals surface area (Å²) in [6, 6.07) is 6.91. The minimum atomic E-state index is -2.82. The first-order valence-electron chi connectivity index (χ1n) is 12.0. The molecule has 6 nitrogen and oxygen atoms in total. The number of pyridine rings is 1. The smallest absolute Gasteiger partial charge is 0.282 e. The van der Waals surface area contributed by atoms with Crippen molar-refractivity contribution in [1.29, 1.82) is 0 Å². The van der Waals surface area contributed by atoms with E-state index in [0.717, 1.165) is 24.0 Å². The van der Waals surface area contributed by atoms with Crippen LogP contribution in [0.4, 0.5) is 13.2 Å². The lowest BCUT2D eigenvalue weighted by Crippen LogP contribution is -2.29. The zero-order valence-electron chi connectivity index (χ0n) is 20.1. The molecule has 3 aromatic heterocycles. The molecule has 0 spiro atoms. The number of aryl methyl sites for hydroxylation is 2. The molecule has 9 heteroatoms. The third-order valence-electron chi connectivity index (χ3n) is 7.11. The summed E-state index contributed by atoms with van der Waals surface area (Å²) in [5.41, 5.74) is 3.00. The topological polar surface area (TPSA) is 73.6 Å². The van der Waals surface area contributed by atoms with Crippen LogP contribution < -0.4 is 5.56 Å². The number of fused-ring (bicyclic) bond motifs is 1. The molecular weight excluding hydrogens is 467 g/mol. The van der Waals surface area contributed by atoms with Crippen LogP contribution in [0.5, 0.6) is 0 Å². The summed E-state index contributed by atoms with van der Waals surface area (Å²) in [5, 5.41) is 0. The molecule has 0 N–H and O–H groups in total. The fraction of sp³-hybridized carbons (Fsp3) is 0.370. The molecule has 1 aromatic carbocycles. The molecule has 1 aliphatic carbocycles. The number of rotatable bonds is 5. The minimum absolute atomic E-state index is 0.0232. The molecule has 186 valence electrons. The zero-order chi connectivity index (χ0) is 25.4. The SMILES string of the molecule is Cc1cnc2cc([C@H]3CC[C@H](c4c(C)cccc4F)CC3)c(=O)n(Cc3nccnc3C(F)F)c2n1. The maximum atomic E-state index is 14.5. The summed E-state index contributed by atoms with van der Waals surface area (Å²) in [5.74, 6) is -0.132. The monoisotopic (exact) mass is 493 g/mol. The average Bonchev–Trinajstić information content (AvgIpc) is 2.86. The maximum Gasteiger partial charge on any atom is 0.282 e. The van der Waals surface area contributed by atoms with E-state index in [1.807, 2.05) is 13.0 Å². The number of aromatic nitrogens is 5. The van der Waals surface area contributed by atoms with Crippen molar-refractivity contribution in [3.05, 3.63) is 92.8 Å². The molecule has 3 heterocycles. The van der Waals surface area contributed by atoms with Crippen molar-refractivity contribution in [1.82, 2.24) is 24.5 Å². The van der Waals surface area contributed by atoms with E-state index < -0.39 is 12.1 Å². The van der Waals surface area contributed by atoms with Crippen molar-refractivity contribution < 1.29 is 13.2 Å². The van der Waals surface area contributed by atoms with Gasteiger partial charge in [0.1, 0.15) is 17.0 Å². The number of alkyl halides is 2. The lowest BCUT2D eigenvalue weighted by atomic mass is 9.75. The van der Waals surface area contributed by atoms with Crippen LogP contribution in [-0.4, -0.2) is 24.5 Å². The Morgan fingerprint density at radius 2 is 1.75 bits per heavy atom. The van der Waals surface area contributed by atoms with Crippen molar-refractivity contribution in [3.8, 4) is 0 Å². The molecule has 1 aliphatic rings. The van der Waals surface area contributed by atoms with Crippen LogP contribution in [0.2, 0.25) is 0 Å². The van der Waals surface area contributed by atoms with Gasteiger partial charge in [0.05, 0.1) is 17.9 Å². The molecular formula is C27H26F3N5O. The van der Waals surface area contributed by atoms with Crippen LogP contribution in [0.3, 0.4) is 0 Å². The van der Waals surface area contributed by atoms with Gasteiger partial charge in [0, 0.05) is 24.2 Å². The summed E-state index contributed by atoms with van der Waals surface area (Å²) in [6.45, 7) is 3.50. The molecule has 5 rings (SSSR count). The van der Waals surface area contributed by atoms with Gasteiger partial charge in [-0.2, -0.15) is 0 Å². The standard InChI is InChI=1S/C27H26F3N5O/c1-15-4-3-5-20(28)23(15)18-8-6-17(7-9-18)19-12-21-26(34-16(2)13-33-21)35(27(19)36)14-22-24(25(29)30)32-11-10-31-22/h3-5,10-13,17-18,25H,6-9,14H2,1-2H3/t17-,18-. The first kappa shape index (κ1) is 24.1. The number of halogens is 3. The third kappa shape index (κ3) is 4.50. The molecule has 0 bridgehead atoms. The van der Waals surface area contributed by atoms with Crippen LogP contribution in [0, 0.1) is 19.7 Å². The van der Waals surface area contributed by atoms with E-state index >= 15 is 0 Å². The van der Waals surface area contributed by atoms with Crippen LogP contribution >= 0.6 is 0 Å². The number of nitrogens with zero attached hydrogens (tertiary/aromatic N) is 5. The predicted octanol–water partition coefficient (Wildman–Crippen LogP) is 5.76. The maximum absolute atomic E-state index is 14.5. The van der Waals surface area contributed by atoms with Gasteiger partial charge in [-0.15, -0.1) is 0 Å². The zero-order valence-corrected chi connectivity index (χ0v) is 20.1. The van der Waals surface area contributed by atoms with Crippen molar-refractivity contribution in [2.45, 2.75) is 64.3 Å². The second-order valence-electron chi connectivity index (χ2n) is 9.42. The van der Waals surface area contributed by atoms with Gasteiger partial charge in [-0.3, -0.25) is 24.3 Å². The van der Waals surface area contributed by atoms with E-state index in [1.54, 1.807) is 25.3 Å². The van der Waals surface area contributed by atoms with Gasteiger partial charge in [0.2, 0.25) is 0 Å². The van der Waals surface area contributed by atoms with Crippen LogP contribution in [0.15, 0.2) is 47.7 Å². The van der Waals surface area contributed by atoms with Gasteiger partial charge >= 0.3 is 0 Å². The van der Waals surface area contributed by atoms with Crippen molar-refractivity contribution >= 4 is 11.2 Å². The van der Waals surface area contributed by atoms with Crippen LogP contribution in [0.25, 0.3) is 11.2 Å². The number of hydrogen-bond donors (Lipinski definition) is 0. The highest BCUT2D eigenvalue weighted by Gasteiger charge is 2.29. The fourth-order valence-electron chi connectivity index (χ4n) is 5.36. The average molecular weight is 494 g/mol. The lowest BCUT2D eigenvalue weighted by Gasteiger charge is -2.30. The first-order valence-corrected chi connectivity index (χ1v) is 12.0. The Hall–Kier alpha value is -3.62. The third-order valence-corrected chi connectivity index (χ3v) is 7.11. The van der Waals surface area contributed by atoms with E-state index in [4.69, 9.17) is 0 Å². The van der Waals surface area contributed by atoms with Crippen molar-refractivity contribution in [2.75, 3.05) is 0 Å². The van der Waals surface area contributed by atoms with E-state index in [9.17, 15) is 18.0 Å². The molecule has 0 aliphatic heterocycles. The highest BCUT2D eigenvalue weighted by Crippen LogP contribution is 2.41. The van der Waals surface area contributed by atoms with Gasteiger partial charge < -0.3 is 0 Å². The Balaban J connectivity index is 1.52. The summed E-state index contributed by atoms with van der Waals surface area (Å²) >= 11 is 0. The quantitative estimate of drug-likeness (QED) is 0.353. The van der Waals surface area contributed by atoms with E-state index in [1.165, 1.54) is 23.0 Å². The first-order chi connectivity index (χ1) is 17.3. The number of benzene rings is 1. The second kappa shape index (κ2) is 9.79. The van der Waals surface area contributed by atoms with E-state index in [0.29, 0.717) is 35.3 Å². The Bertz CT molecular complexity index is 1460. The fourth-order valence-corrected chi connectivity index (χ4v) is 5.36. The van der Waals surface area contributed by atoms with Crippen molar-refractivity contribution in [3.63, 3.8) is 0 Å². The van der Waals surface area contributed by atoms with Gasteiger partial charge in [-0.25, -0.2) is 18.2 Å². The molecule has 0 amide bonds. The summed E-state index contributed by atoms with van der Waals surface area (Å²) in [7, 11) is 0. The van der Waals surface area contributed by atoms with E-state index in [-0.39, 0.29) is 35.5 Å². The minimum Gasteiger partial charge on any atom is -0.285 e. The molecule has 36 heavy (non-hydrogen) atoms. The highest BCUT2D eigenvalue weighted by atomic mass is 19.3. The molecule has 0 atom stereocenters. The molecule has 0 radical (unpaired) electrons. The van der Waals surface area contributed by atoms with E-state index in [2.05, 4.69) is 19.9 Å². The Morgan fingerprint density at radius 3 is 2.47 bits per heavy atom. The van der Waals surface area contributed by atoms with Gasteiger partial charge in [-0.1, -0.05) is 12.1 Å². The second-order valence-corrected chi connectivity index (χ2v) is 9.42. The van der Waals surface area contributed by atoms with Crippen molar-refractivity contribution in [2.24, 2.45) is 0 Å². The normalized spacial score (nSPS) is 18.2. The van der Waals surface area contributed by atoms with Gasteiger partial charge in [0.25, 0.3) is 12.0 Å². The molecule has 0 unspecified atom stereocenters. The Kier molecular flexibility index (Phi) is 6.55. The van der Waals surface area contributed by atoms with Gasteiger partial charge in [-0.05, 0) is 74.6 Å². The highest BCUT2D eigenvalue weighted by molar-refractivity contribution is 5.71. The van der Waals surface area contributed by atoms with Crippen LogP contribution in [-0.2, 0) is 6.54 Å². The summed E-state index contributed by atoms with van der Waals surface area (Å²) in [6.07, 6.45) is 4.28. The predicted molar refractivity (Wildman–Crippen MR) is 130 cm³/mol. The Labute approximate surface area is 206 Å². The van der Waals surface area contributed by atoms with Crippen LogP contribution in [0.1, 0.15) is 77.7 Å². The summed E-state index contributed by atoms with van der Waals surface area (Å²) in [4.78, 5) is 30.5. The molecule has 4 aromatic rings. The lowest BCUT2D eigenvalue weighted by molar-refractivity contribution is 0.144. The molecule has 1 saturated carbocycles. The van der Waals surface area contributed by atoms with Gasteiger partial charge in [0.15, 0.2) is 5.65 Å². The molecule has 0 saturated heterocycles. The number of hydrogen-bond acceptors (Lipinski definition) is 5. The summed E-state index contributed by atoms with van der Waals surface area (Å²) < 4.78 is 43.1. The largest absolute Gasteiger partial charge is 0.285 e.